The third kappa shape index (κ3) is 2.52. The molecule has 0 unspecified atom stereocenters. The number of hydrogen-bond acceptors (Lipinski definition) is 2. The fourth-order valence-electron chi connectivity index (χ4n) is 2.07. The molecule has 0 bridgehead atoms. The van der Waals surface area contributed by atoms with Crippen LogP contribution in [-0.4, -0.2) is 35.0 Å². The number of nitrogens with two attached hydrogens (primary N) is 1. The Kier molecular flexibility index (Phi) is 3.22. The summed E-state index contributed by atoms with van der Waals surface area (Å²) in [6.07, 6.45) is 0. The summed E-state index contributed by atoms with van der Waals surface area (Å²) in [5.74, 6) is 0. The van der Waals surface area contributed by atoms with Crippen molar-refractivity contribution in [1.29, 1.82) is 0 Å². The molecule has 1 aliphatic rings. The van der Waals surface area contributed by atoms with Crippen LogP contribution in [0.25, 0.3) is 0 Å². The SMILES string of the molecule is CC(C)N1CCN(Cc2ccc(N)cc2)C1=O. The van der Waals surface area contributed by atoms with Crippen LogP contribution in [0.2, 0.25) is 0 Å². The first-order valence-corrected chi connectivity index (χ1v) is 5.98. The molecule has 2 amide bonds. The minimum absolute atomic E-state index is 0.136. The number of amides is 2. The minimum Gasteiger partial charge on any atom is -0.399 e. The fraction of sp³-hybridized carbons (Fsp3) is 0.462. The zero-order valence-electron chi connectivity index (χ0n) is 10.4. The van der Waals surface area contributed by atoms with Crippen molar-refractivity contribution in [2.24, 2.45) is 0 Å². The summed E-state index contributed by atoms with van der Waals surface area (Å²) >= 11 is 0. The molecule has 0 aromatic heterocycles. The molecule has 0 saturated carbocycles. The van der Waals surface area contributed by atoms with Gasteiger partial charge in [-0.25, -0.2) is 4.79 Å². The molecule has 92 valence electrons. The zero-order valence-corrected chi connectivity index (χ0v) is 10.4. The third-order valence-electron chi connectivity index (χ3n) is 3.10. The first kappa shape index (κ1) is 11.8. The number of carbonyl (C=O) groups is 1. The van der Waals surface area contributed by atoms with E-state index in [0.717, 1.165) is 24.3 Å². The van der Waals surface area contributed by atoms with E-state index in [9.17, 15) is 4.79 Å². The molecule has 17 heavy (non-hydrogen) atoms. The van der Waals surface area contributed by atoms with Gasteiger partial charge in [-0.1, -0.05) is 12.1 Å². The summed E-state index contributed by atoms with van der Waals surface area (Å²) in [6.45, 7) is 6.39. The van der Waals surface area contributed by atoms with E-state index < -0.39 is 0 Å². The first-order valence-electron chi connectivity index (χ1n) is 5.98. The van der Waals surface area contributed by atoms with Crippen molar-refractivity contribution in [3.8, 4) is 0 Å². The molecular formula is C13H19N3O. The van der Waals surface area contributed by atoms with Crippen molar-refractivity contribution in [3.63, 3.8) is 0 Å². The van der Waals surface area contributed by atoms with Crippen molar-refractivity contribution < 1.29 is 4.79 Å². The number of hydrogen-bond donors (Lipinski definition) is 1. The van der Waals surface area contributed by atoms with Crippen LogP contribution in [0.15, 0.2) is 24.3 Å². The van der Waals surface area contributed by atoms with Crippen molar-refractivity contribution in [2.45, 2.75) is 26.4 Å². The predicted octanol–water partition coefficient (Wildman–Crippen LogP) is 1.91. The third-order valence-corrected chi connectivity index (χ3v) is 3.10. The topological polar surface area (TPSA) is 49.6 Å². The van der Waals surface area contributed by atoms with Crippen LogP contribution in [0.4, 0.5) is 10.5 Å². The lowest BCUT2D eigenvalue weighted by molar-refractivity contribution is 0.181. The smallest absolute Gasteiger partial charge is 0.320 e. The molecule has 4 heteroatoms. The number of rotatable bonds is 3. The highest BCUT2D eigenvalue weighted by Crippen LogP contribution is 2.16. The van der Waals surface area contributed by atoms with Gasteiger partial charge in [-0.15, -0.1) is 0 Å². The van der Waals surface area contributed by atoms with E-state index in [1.807, 2.05) is 47.9 Å². The van der Waals surface area contributed by atoms with E-state index in [-0.39, 0.29) is 12.1 Å². The van der Waals surface area contributed by atoms with E-state index in [0.29, 0.717) is 6.54 Å². The fourth-order valence-corrected chi connectivity index (χ4v) is 2.07. The van der Waals surface area contributed by atoms with Crippen LogP contribution >= 0.6 is 0 Å². The Morgan fingerprint density at radius 3 is 2.41 bits per heavy atom. The van der Waals surface area contributed by atoms with Crippen LogP contribution in [0.3, 0.4) is 0 Å². The zero-order chi connectivity index (χ0) is 12.4. The lowest BCUT2D eigenvalue weighted by Crippen LogP contribution is -2.35. The first-order chi connectivity index (χ1) is 8.08. The largest absolute Gasteiger partial charge is 0.399 e. The average molecular weight is 233 g/mol. The molecule has 1 fully saturated rings. The van der Waals surface area contributed by atoms with Gasteiger partial charge in [0.05, 0.1) is 0 Å². The van der Waals surface area contributed by atoms with Gasteiger partial charge >= 0.3 is 6.03 Å². The molecule has 2 rings (SSSR count). The highest BCUT2D eigenvalue weighted by Gasteiger charge is 2.29. The number of benzene rings is 1. The van der Waals surface area contributed by atoms with Crippen LogP contribution in [0, 0.1) is 0 Å². The quantitative estimate of drug-likeness (QED) is 0.811. The number of carbonyl (C=O) groups excluding carboxylic acids is 1. The Labute approximate surface area is 102 Å². The van der Waals surface area contributed by atoms with Crippen LogP contribution in [-0.2, 0) is 6.54 Å². The number of nitrogens with zero attached hydrogens (tertiary/aromatic N) is 2. The second-order valence-electron chi connectivity index (χ2n) is 4.73. The highest BCUT2D eigenvalue weighted by molar-refractivity contribution is 5.76. The normalized spacial score (nSPS) is 16.1. The van der Waals surface area contributed by atoms with E-state index in [4.69, 9.17) is 5.73 Å². The molecule has 1 saturated heterocycles. The lowest BCUT2D eigenvalue weighted by Gasteiger charge is -2.21. The van der Waals surface area contributed by atoms with Crippen LogP contribution in [0.1, 0.15) is 19.4 Å². The monoisotopic (exact) mass is 233 g/mol. The number of nitrogen functional groups attached to an aromatic ring is 1. The maximum Gasteiger partial charge on any atom is 0.320 e. The van der Waals surface area contributed by atoms with Gasteiger partial charge in [0.25, 0.3) is 0 Å². The van der Waals surface area contributed by atoms with E-state index in [1.165, 1.54) is 0 Å². The molecule has 0 radical (unpaired) electrons. The van der Waals surface area contributed by atoms with Gasteiger partial charge in [0.2, 0.25) is 0 Å². The van der Waals surface area contributed by atoms with E-state index in [2.05, 4.69) is 0 Å². The van der Waals surface area contributed by atoms with Gasteiger partial charge in [0, 0.05) is 31.4 Å². The van der Waals surface area contributed by atoms with Gasteiger partial charge in [0.1, 0.15) is 0 Å². The van der Waals surface area contributed by atoms with E-state index >= 15 is 0 Å². The van der Waals surface area contributed by atoms with Crippen LogP contribution in [0.5, 0.6) is 0 Å². The second-order valence-corrected chi connectivity index (χ2v) is 4.73. The Morgan fingerprint density at radius 1 is 1.24 bits per heavy atom. The standard InChI is InChI=1S/C13H19N3O/c1-10(2)16-8-7-15(13(16)17)9-11-3-5-12(14)6-4-11/h3-6,10H,7-9,14H2,1-2H3. The maximum atomic E-state index is 12.0. The Hall–Kier alpha value is -1.71. The molecule has 0 atom stereocenters. The van der Waals surface area contributed by atoms with Gasteiger partial charge in [-0.3, -0.25) is 0 Å². The molecule has 1 heterocycles. The number of urea groups is 1. The number of anilines is 1. The van der Waals surface area contributed by atoms with Crippen molar-refractivity contribution >= 4 is 11.7 Å². The summed E-state index contributed by atoms with van der Waals surface area (Å²) in [5, 5.41) is 0. The van der Waals surface area contributed by atoms with Crippen molar-refractivity contribution in [3.05, 3.63) is 29.8 Å². The van der Waals surface area contributed by atoms with Crippen LogP contribution < -0.4 is 5.73 Å². The summed E-state index contributed by atoms with van der Waals surface area (Å²) in [4.78, 5) is 15.8. The Balaban J connectivity index is 2.01. The highest BCUT2D eigenvalue weighted by atomic mass is 16.2. The van der Waals surface area contributed by atoms with E-state index in [1.54, 1.807) is 0 Å². The lowest BCUT2D eigenvalue weighted by atomic mass is 10.2. The summed E-state index contributed by atoms with van der Waals surface area (Å²) in [6, 6.07) is 8.10. The molecule has 1 aromatic rings. The van der Waals surface area contributed by atoms with Gasteiger partial charge in [0.15, 0.2) is 0 Å². The molecule has 1 aromatic carbocycles. The maximum absolute atomic E-state index is 12.0. The molecule has 4 nitrogen and oxygen atoms in total. The Bertz CT molecular complexity index is 400. The molecule has 1 aliphatic heterocycles. The summed E-state index contributed by atoms with van der Waals surface area (Å²) in [7, 11) is 0. The Morgan fingerprint density at radius 2 is 1.88 bits per heavy atom. The second kappa shape index (κ2) is 4.65. The summed E-state index contributed by atoms with van der Waals surface area (Å²) < 4.78 is 0. The molecular weight excluding hydrogens is 214 g/mol. The predicted molar refractivity (Wildman–Crippen MR) is 68.5 cm³/mol. The molecule has 0 aliphatic carbocycles. The minimum atomic E-state index is 0.136. The molecule has 0 spiro atoms. The average Bonchev–Trinajstić information content (AvgIpc) is 2.64. The van der Waals surface area contributed by atoms with Crippen molar-refractivity contribution in [1.82, 2.24) is 9.80 Å². The van der Waals surface area contributed by atoms with Gasteiger partial charge < -0.3 is 15.5 Å². The van der Waals surface area contributed by atoms with Gasteiger partial charge in [-0.2, -0.15) is 0 Å². The van der Waals surface area contributed by atoms with Gasteiger partial charge in [-0.05, 0) is 31.5 Å². The molecule has 2 N–H and O–H groups in total. The van der Waals surface area contributed by atoms with Crippen molar-refractivity contribution in [2.75, 3.05) is 18.8 Å². The summed E-state index contributed by atoms with van der Waals surface area (Å²) in [5.41, 5.74) is 7.51.